The van der Waals surface area contributed by atoms with Crippen LogP contribution in [0.4, 0.5) is 0 Å². The lowest BCUT2D eigenvalue weighted by molar-refractivity contribution is -0.0393. The lowest BCUT2D eigenvalue weighted by Gasteiger charge is -2.34. The van der Waals surface area contributed by atoms with Crippen molar-refractivity contribution in [2.24, 2.45) is 5.41 Å². The molecule has 0 aromatic carbocycles. The standard InChI is InChI=1S/C11H20O/c1-8-6-9(2)12-10(7-8)11(3,4)5/h7,9-10H,6H2,1-5H3. The molecular weight excluding hydrogens is 148 g/mol. The van der Waals surface area contributed by atoms with E-state index in [2.05, 4.69) is 40.7 Å². The van der Waals surface area contributed by atoms with Crippen molar-refractivity contribution in [1.29, 1.82) is 0 Å². The maximum absolute atomic E-state index is 5.84. The van der Waals surface area contributed by atoms with Crippen LogP contribution in [0.1, 0.15) is 41.0 Å². The van der Waals surface area contributed by atoms with Gasteiger partial charge in [-0.05, 0) is 25.7 Å². The van der Waals surface area contributed by atoms with E-state index in [-0.39, 0.29) is 5.41 Å². The van der Waals surface area contributed by atoms with Gasteiger partial charge in [0.05, 0.1) is 12.2 Å². The molecule has 2 unspecified atom stereocenters. The maximum atomic E-state index is 5.84. The van der Waals surface area contributed by atoms with Crippen molar-refractivity contribution in [2.45, 2.75) is 53.2 Å². The van der Waals surface area contributed by atoms with E-state index in [1.165, 1.54) is 5.57 Å². The fourth-order valence-electron chi connectivity index (χ4n) is 1.57. The summed E-state index contributed by atoms with van der Waals surface area (Å²) < 4.78 is 5.84. The molecular formula is C11H20O. The smallest absolute Gasteiger partial charge is 0.0810 e. The first-order chi connectivity index (χ1) is 5.39. The summed E-state index contributed by atoms with van der Waals surface area (Å²) in [6.07, 6.45) is 4.03. The molecule has 1 nitrogen and oxygen atoms in total. The van der Waals surface area contributed by atoms with Gasteiger partial charge in [0.15, 0.2) is 0 Å². The van der Waals surface area contributed by atoms with E-state index in [4.69, 9.17) is 4.74 Å². The Labute approximate surface area is 75.8 Å². The molecule has 0 N–H and O–H groups in total. The second-order valence-electron chi connectivity index (χ2n) is 4.95. The molecule has 0 fully saturated rings. The molecule has 1 rings (SSSR count). The van der Waals surface area contributed by atoms with Crippen LogP contribution in [-0.4, -0.2) is 12.2 Å². The van der Waals surface area contributed by atoms with Crippen LogP contribution in [0.3, 0.4) is 0 Å². The largest absolute Gasteiger partial charge is 0.370 e. The Morgan fingerprint density at radius 2 is 2.00 bits per heavy atom. The van der Waals surface area contributed by atoms with Crippen LogP contribution < -0.4 is 0 Å². The van der Waals surface area contributed by atoms with E-state index in [1.807, 2.05) is 0 Å². The molecule has 0 saturated carbocycles. The second-order valence-corrected chi connectivity index (χ2v) is 4.95. The van der Waals surface area contributed by atoms with Crippen molar-refractivity contribution < 1.29 is 4.74 Å². The minimum Gasteiger partial charge on any atom is -0.370 e. The SMILES string of the molecule is CC1=CC(C(C)(C)C)OC(C)C1. The maximum Gasteiger partial charge on any atom is 0.0810 e. The molecule has 0 saturated heterocycles. The van der Waals surface area contributed by atoms with E-state index < -0.39 is 0 Å². The number of hydrogen-bond acceptors (Lipinski definition) is 1. The molecule has 0 spiro atoms. The minimum atomic E-state index is 0.232. The fraction of sp³-hybridized carbons (Fsp3) is 0.818. The van der Waals surface area contributed by atoms with Gasteiger partial charge in [-0.1, -0.05) is 32.4 Å². The van der Waals surface area contributed by atoms with Crippen molar-refractivity contribution in [3.8, 4) is 0 Å². The van der Waals surface area contributed by atoms with Gasteiger partial charge in [-0.3, -0.25) is 0 Å². The zero-order valence-electron chi connectivity index (χ0n) is 8.85. The summed E-state index contributed by atoms with van der Waals surface area (Å²) in [7, 11) is 0. The minimum absolute atomic E-state index is 0.232. The molecule has 0 aliphatic carbocycles. The van der Waals surface area contributed by atoms with Gasteiger partial charge in [0.1, 0.15) is 0 Å². The van der Waals surface area contributed by atoms with E-state index in [9.17, 15) is 0 Å². The first-order valence-electron chi connectivity index (χ1n) is 4.72. The van der Waals surface area contributed by atoms with Gasteiger partial charge in [-0.2, -0.15) is 0 Å². The molecule has 0 amide bonds. The predicted molar refractivity (Wildman–Crippen MR) is 52.2 cm³/mol. The summed E-state index contributed by atoms with van der Waals surface area (Å²) >= 11 is 0. The van der Waals surface area contributed by atoms with Crippen molar-refractivity contribution in [3.05, 3.63) is 11.6 Å². The van der Waals surface area contributed by atoms with Crippen molar-refractivity contribution in [2.75, 3.05) is 0 Å². The predicted octanol–water partition coefficient (Wildman–Crippen LogP) is 3.16. The average Bonchev–Trinajstić information content (AvgIpc) is 1.82. The lowest BCUT2D eigenvalue weighted by Crippen LogP contribution is -2.33. The monoisotopic (exact) mass is 168 g/mol. The van der Waals surface area contributed by atoms with E-state index in [0.717, 1.165) is 6.42 Å². The molecule has 1 aliphatic heterocycles. The topological polar surface area (TPSA) is 9.23 Å². The normalized spacial score (nSPS) is 31.6. The van der Waals surface area contributed by atoms with Crippen LogP contribution in [-0.2, 0) is 4.74 Å². The van der Waals surface area contributed by atoms with Crippen molar-refractivity contribution >= 4 is 0 Å². The molecule has 70 valence electrons. The Balaban J connectivity index is 2.73. The Kier molecular flexibility index (Phi) is 2.62. The highest BCUT2D eigenvalue weighted by Crippen LogP contribution is 2.30. The summed E-state index contributed by atoms with van der Waals surface area (Å²) in [5.74, 6) is 0. The summed E-state index contributed by atoms with van der Waals surface area (Å²) in [6, 6.07) is 0. The summed E-state index contributed by atoms with van der Waals surface area (Å²) in [5.41, 5.74) is 1.70. The third-order valence-electron chi connectivity index (χ3n) is 2.28. The highest BCUT2D eigenvalue weighted by atomic mass is 16.5. The van der Waals surface area contributed by atoms with Gasteiger partial charge in [-0.25, -0.2) is 0 Å². The summed E-state index contributed by atoms with van der Waals surface area (Å²) in [5, 5.41) is 0. The van der Waals surface area contributed by atoms with Crippen molar-refractivity contribution in [1.82, 2.24) is 0 Å². The van der Waals surface area contributed by atoms with Crippen LogP contribution in [0.25, 0.3) is 0 Å². The highest BCUT2D eigenvalue weighted by molar-refractivity contribution is 5.09. The molecule has 0 radical (unpaired) electrons. The Bertz CT molecular complexity index is 186. The third kappa shape index (κ3) is 2.34. The second kappa shape index (κ2) is 3.21. The number of ether oxygens (including phenoxy) is 1. The Hall–Kier alpha value is -0.300. The first-order valence-corrected chi connectivity index (χ1v) is 4.72. The van der Waals surface area contributed by atoms with Crippen LogP contribution in [0, 0.1) is 5.41 Å². The number of rotatable bonds is 0. The van der Waals surface area contributed by atoms with E-state index in [0.29, 0.717) is 12.2 Å². The molecule has 0 aromatic heterocycles. The zero-order valence-corrected chi connectivity index (χ0v) is 8.85. The molecule has 1 heteroatoms. The van der Waals surface area contributed by atoms with Crippen LogP contribution in [0.5, 0.6) is 0 Å². The van der Waals surface area contributed by atoms with Crippen molar-refractivity contribution in [3.63, 3.8) is 0 Å². The molecule has 2 atom stereocenters. The summed E-state index contributed by atoms with van der Waals surface area (Å²) in [6.45, 7) is 11.0. The molecule has 0 aromatic rings. The lowest BCUT2D eigenvalue weighted by atomic mass is 9.86. The first kappa shape index (κ1) is 9.79. The van der Waals surface area contributed by atoms with Gasteiger partial charge < -0.3 is 4.74 Å². The fourth-order valence-corrected chi connectivity index (χ4v) is 1.57. The molecule has 1 heterocycles. The molecule has 12 heavy (non-hydrogen) atoms. The van der Waals surface area contributed by atoms with Crippen LogP contribution in [0.15, 0.2) is 11.6 Å². The van der Waals surface area contributed by atoms with E-state index >= 15 is 0 Å². The molecule has 1 aliphatic rings. The summed E-state index contributed by atoms with van der Waals surface area (Å²) in [4.78, 5) is 0. The quantitative estimate of drug-likeness (QED) is 0.505. The van der Waals surface area contributed by atoms with Gasteiger partial charge in [0.25, 0.3) is 0 Å². The van der Waals surface area contributed by atoms with Crippen LogP contribution in [0.2, 0.25) is 0 Å². The average molecular weight is 168 g/mol. The zero-order chi connectivity index (χ0) is 9.35. The van der Waals surface area contributed by atoms with Gasteiger partial charge in [0, 0.05) is 0 Å². The van der Waals surface area contributed by atoms with E-state index in [1.54, 1.807) is 0 Å². The highest BCUT2D eigenvalue weighted by Gasteiger charge is 2.28. The van der Waals surface area contributed by atoms with Gasteiger partial charge >= 0.3 is 0 Å². The van der Waals surface area contributed by atoms with Gasteiger partial charge in [0.2, 0.25) is 0 Å². The van der Waals surface area contributed by atoms with Gasteiger partial charge in [-0.15, -0.1) is 0 Å². The van der Waals surface area contributed by atoms with Crippen LogP contribution >= 0.6 is 0 Å². The third-order valence-corrected chi connectivity index (χ3v) is 2.28. The Morgan fingerprint density at radius 3 is 2.42 bits per heavy atom. The number of hydrogen-bond donors (Lipinski definition) is 0. The Morgan fingerprint density at radius 1 is 1.42 bits per heavy atom. The molecule has 0 bridgehead atoms.